The third-order valence-corrected chi connectivity index (χ3v) is 5.90. The molecule has 1 aromatic carbocycles. The van der Waals surface area contributed by atoms with Gasteiger partial charge in [0.15, 0.2) is 5.16 Å². The molecule has 1 fully saturated rings. The first-order chi connectivity index (χ1) is 12.6. The quantitative estimate of drug-likeness (QED) is 0.480. The van der Waals surface area contributed by atoms with Gasteiger partial charge in [0.25, 0.3) is 5.56 Å². The Hall–Kier alpha value is -2.08. The molecule has 26 heavy (non-hydrogen) atoms. The molecule has 5 nitrogen and oxygen atoms in total. The third-order valence-electron chi connectivity index (χ3n) is 4.93. The van der Waals surface area contributed by atoms with Crippen LogP contribution < -0.4 is 10.9 Å². The standard InChI is InChI=1S/C20H25N3O2S/c1-3-12-23-19(25)15-9-5-7-11-17(15)22-20(23)26-13-18(24)21-16-10-6-4-8-14(16)2/h3,5,7,9,11,14,16H,1,4,6,8,10,12-13H2,2H3,(H,21,24)/t14-,16+/m0/s1. The van der Waals surface area contributed by atoms with Crippen LogP contribution in [0.25, 0.3) is 10.9 Å². The molecule has 2 aromatic rings. The predicted octanol–water partition coefficient (Wildman–Crippen LogP) is 3.37. The highest BCUT2D eigenvalue weighted by molar-refractivity contribution is 7.99. The van der Waals surface area contributed by atoms with Crippen molar-refractivity contribution in [2.24, 2.45) is 5.92 Å². The van der Waals surface area contributed by atoms with Gasteiger partial charge >= 0.3 is 0 Å². The molecule has 6 heteroatoms. The lowest BCUT2D eigenvalue weighted by Crippen LogP contribution is -2.41. The largest absolute Gasteiger partial charge is 0.352 e. The lowest BCUT2D eigenvalue weighted by Gasteiger charge is -2.29. The number of fused-ring (bicyclic) bond motifs is 1. The maximum absolute atomic E-state index is 12.7. The van der Waals surface area contributed by atoms with Gasteiger partial charge in [-0.25, -0.2) is 4.98 Å². The second-order valence-corrected chi connectivity index (χ2v) is 7.78. The van der Waals surface area contributed by atoms with Crippen LogP contribution in [0.4, 0.5) is 0 Å². The van der Waals surface area contributed by atoms with E-state index in [4.69, 9.17) is 0 Å². The van der Waals surface area contributed by atoms with Gasteiger partial charge in [0.1, 0.15) is 0 Å². The first-order valence-corrected chi connectivity index (χ1v) is 10.1. The van der Waals surface area contributed by atoms with Crippen LogP contribution in [-0.4, -0.2) is 27.3 Å². The number of benzene rings is 1. The average Bonchev–Trinajstić information content (AvgIpc) is 2.64. The van der Waals surface area contributed by atoms with Crippen LogP contribution >= 0.6 is 11.8 Å². The highest BCUT2D eigenvalue weighted by atomic mass is 32.2. The van der Waals surface area contributed by atoms with Gasteiger partial charge in [-0.3, -0.25) is 14.2 Å². The number of para-hydroxylation sites is 1. The second kappa shape index (κ2) is 8.54. The summed E-state index contributed by atoms with van der Waals surface area (Å²) in [6.45, 7) is 6.30. The third kappa shape index (κ3) is 4.18. The minimum Gasteiger partial charge on any atom is -0.352 e. The molecule has 138 valence electrons. The summed E-state index contributed by atoms with van der Waals surface area (Å²) < 4.78 is 1.58. The van der Waals surface area contributed by atoms with E-state index in [1.807, 2.05) is 18.2 Å². The fraction of sp³-hybridized carbons (Fsp3) is 0.450. The van der Waals surface area contributed by atoms with Crippen LogP contribution in [0.1, 0.15) is 32.6 Å². The molecule has 0 unspecified atom stereocenters. The number of carbonyl (C=O) groups is 1. The number of nitrogens with one attached hydrogen (secondary N) is 1. The monoisotopic (exact) mass is 371 g/mol. The minimum absolute atomic E-state index is 0.00121. The summed E-state index contributed by atoms with van der Waals surface area (Å²) in [6.07, 6.45) is 6.31. The van der Waals surface area contributed by atoms with Gasteiger partial charge in [0, 0.05) is 12.6 Å². The molecule has 1 amide bonds. The van der Waals surface area contributed by atoms with E-state index in [2.05, 4.69) is 23.8 Å². The SMILES string of the molecule is C=CCn1c(SCC(=O)N[C@@H]2CCCC[C@@H]2C)nc2ccccc2c1=O. The van der Waals surface area contributed by atoms with Gasteiger partial charge in [-0.2, -0.15) is 0 Å². The van der Waals surface area contributed by atoms with Crippen LogP contribution in [0.5, 0.6) is 0 Å². The van der Waals surface area contributed by atoms with E-state index in [1.165, 1.54) is 31.0 Å². The zero-order chi connectivity index (χ0) is 18.5. The molecular formula is C20H25N3O2S. The van der Waals surface area contributed by atoms with Crippen molar-refractivity contribution >= 4 is 28.6 Å². The summed E-state index contributed by atoms with van der Waals surface area (Å²) in [4.78, 5) is 29.7. The topological polar surface area (TPSA) is 64.0 Å². The molecule has 3 rings (SSSR count). The zero-order valence-electron chi connectivity index (χ0n) is 15.1. The molecule has 1 heterocycles. The number of hydrogen-bond donors (Lipinski definition) is 1. The number of allylic oxidation sites excluding steroid dienone is 1. The molecule has 1 aliphatic carbocycles. The van der Waals surface area contributed by atoms with Crippen LogP contribution in [0.15, 0.2) is 46.9 Å². The minimum atomic E-state index is -0.0979. The molecule has 1 saturated carbocycles. The summed E-state index contributed by atoms with van der Waals surface area (Å²) in [5, 5.41) is 4.29. The summed E-state index contributed by atoms with van der Waals surface area (Å²) in [5.41, 5.74) is 0.556. The van der Waals surface area contributed by atoms with Crippen molar-refractivity contribution in [2.75, 3.05) is 5.75 Å². The molecule has 1 aromatic heterocycles. The summed E-state index contributed by atoms with van der Waals surface area (Å²) in [5.74, 6) is 0.780. The predicted molar refractivity (Wildman–Crippen MR) is 106 cm³/mol. The van der Waals surface area contributed by atoms with Crippen LogP contribution in [-0.2, 0) is 11.3 Å². The summed E-state index contributed by atoms with van der Waals surface area (Å²) in [7, 11) is 0. The number of amides is 1. The first-order valence-electron chi connectivity index (χ1n) is 9.12. The lowest BCUT2D eigenvalue weighted by molar-refractivity contribution is -0.119. The normalized spacial score (nSPS) is 20.0. The van der Waals surface area contributed by atoms with Crippen molar-refractivity contribution in [1.82, 2.24) is 14.9 Å². The number of aromatic nitrogens is 2. The molecule has 0 saturated heterocycles. The fourth-order valence-electron chi connectivity index (χ4n) is 3.46. The Morgan fingerprint density at radius 2 is 2.15 bits per heavy atom. The van der Waals surface area contributed by atoms with E-state index < -0.39 is 0 Å². The summed E-state index contributed by atoms with van der Waals surface area (Å²) in [6, 6.07) is 7.54. The van der Waals surface area contributed by atoms with Crippen molar-refractivity contribution in [3.05, 3.63) is 47.3 Å². The van der Waals surface area contributed by atoms with Gasteiger partial charge in [0.2, 0.25) is 5.91 Å². The Balaban J connectivity index is 1.75. The number of rotatable bonds is 6. The van der Waals surface area contributed by atoms with E-state index in [0.29, 0.717) is 28.5 Å². The average molecular weight is 372 g/mol. The van der Waals surface area contributed by atoms with Crippen molar-refractivity contribution < 1.29 is 4.79 Å². The van der Waals surface area contributed by atoms with Crippen molar-refractivity contribution in [2.45, 2.75) is 50.4 Å². The highest BCUT2D eigenvalue weighted by Gasteiger charge is 2.23. The lowest BCUT2D eigenvalue weighted by atomic mass is 9.86. The first kappa shape index (κ1) is 18.7. The number of nitrogens with zero attached hydrogens (tertiary/aromatic N) is 2. The fourth-order valence-corrected chi connectivity index (χ4v) is 4.28. The molecular weight excluding hydrogens is 346 g/mol. The maximum Gasteiger partial charge on any atom is 0.262 e. The molecule has 0 bridgehead atoms. The van der Waals surface area contributed by atoms with Gasteiger partial charge in [-0.15, -0.1) is 6.58 Å². The second-order valence-electron chi connectivity index (χ2n) is 6.84. The van der Waals surface area contributed by atoms with E-state index in [9.17, 15) is 9.59 Å². The Morgan fingerprint density at radius 1 is 1.38 bits per heavy atom. The highest BCUT2D eigenvalue weighted by Crippen LogP contribution is 2.24. The molecule has 1 aliphatic rings. The Bertz CT molecular complexity index is 862. The van der Waals surface area contributed by atoms with Crippen LogP contribution in [0.3, 0.4) is 0 Å². The van der Waals surface area contributed by atoms with Crippen molar-refractivity contribution in [3.63, 3.8) is 0 Å². The number of hydrogen-bond acceptors (Lipinski definition) is 4. The molecule has 0 aliphatic heterocycles. The van der Waals surface area contributed by atoms with E-state index in [-0.39, 0.29) is 23.3 Å². The Morgan fingerprint density at radius 3 is 2.92 bits per heavy atom. The Kier molecular flexibility index (Phi) is 6.14. The van der Waals surface area contributed by atoms with Crippen molar-refractivity contribution in [1.29, 1.82) is 0 Å². The maximum atomic E-state index is 12.7. The van der Waals surface area contributed by atoms with Gasteiger partial charge in [-0.1, -0.05) is 49.7 Å². The van der Waals surface area contributed by atoms with E-state index in [1.54, 1.807) is 16.7 Å². The van der Waals surface area contributed by atoms with Gasteiger partial charge < -0.3 is 5.32 Å². The number of thioether (sulfide) groups is 1. The Labute approximate surface area is 157 Å². The summed E-state index contributed by atoms with van der Waals surface area (Å²) >= 11 is 1.31. The number of carbonyl (C=O) groups excluding carboxylic acids is 1. The molecule has 2 atom stereocenters. The van der Waals surface area contributed by atoms with E-state index in [0.717, 1.165) is 6.42 Å². The van der Waals surface area contributed by atoms with Crippen LogP contribution in [0.2, 0.25) is 0 Å². The molecule has 0 spiro atoms. The van der Waals surface area contributed by atoms with E-state index >= 15 is 0 Å². The zero-order valence-corrected chi connectivity index (χ0v) is 15.9. The van der Waals surface area contributed by atoms with Gasteiger partial charge in [-0.05, 0) is 30.9 Å². The molecule has 0 radical (unpaired) electrons. The van der Waals surface area contributed by atoms with Crippen molar-refractivity contribution in [3.8, 4) is 0 Å². The molecule has 1 N–H and O–H groups in total. The van der Waals surface area contributed by atoms with Gasteiger partial charge in [0.05, 0.1) is 16.7 Å². The smallest absolute Gasteiger partial charge is 0.262 e. The van der Waals surface area contributed by atoms with Crippen LogP contribution in [0, 0.1) is 5.92 Å².